The van der Waals surface area contributed by atoms with Crippen molar-refractivity contribution in [2.75, 3.05) is 17.5 Å². The number of amides is 2. The molecule has 2 aromatic rings. The number of ether oxygens (including phenoxy) is 2. The number of non-ortho nitro benzene ring substituents is 1. The molecule has 0 saturated heterocycles. The SMILES string of the molecule is NCC(=O)N(C(=O)OCc1ccc([N+](=O)[O-])cc1)c1ccccc1C(=O)OCCl. The molecular weight excluding hydrogens is 406 g/mol. The second kappa shape index (κ2) is 10.2. The fraction of sp³-hybridized carbons (Fsp3) is 0.167. The first-order valence-corrected chi connectivity index (χ1v) is 8.67. The van der Waals surface area contributed by atoms with Crippen LogP contribution < -0.4 is 10.6 Å². The van der Waals surface area contributed by atoms with Gasteiger partial charge in [-0.2, -0.15) is 0 Å². The summed E-state index contributed by atoms with van der Waals surface area (Å²) in [7, 11) is 0. The molecule has 0 aromatic heterocycles. The third-order valence-electron chi connectivity index (χ3n) is 3.67. The van der Waals surface area contributed by atoms with Crippen LogP contribution in [-0.2, 0) is 20.9 Å². The molecule has 2 N–H and O–H groups in total. The maximum atomic E-state index is 12.6. The molecule has 0 aliphatic carbocycles. The lowest BCUT2D eigenvalue weighted by atomic mass is 10.1. The van der Waals surface area contributed by atoms with Crippen molar-refractivity contribution in [1.29, 1.82) is 0 Å². The quantitative estimate of drug-likeness (QED) is 0.311. The number of nitrogens with zero attached hydrogens (tertiary/aromatic N) is 2. The Kier molecular flexibility index (Phi) is 7.63. The summed E-state index contributed by atoms with van der Waals surface area (Å²) in [5.74, 6) is -1.65. The van der Waals surface area contributed by atoms with Crippen LogP contribution in [0, 0.1) is 10.1 Å². The fourth-order valence-electron chi connectivity index (χ4n) is 2.32. The van der Waals surface area contributed by atoms with E-state index in [1.807, 2.05) is 0 Å². The number of carbonyl (C=O) groups is 3. The van der Waals surface area contributed by atoms with E-state index in [1.54, 1.807) is 0 Å². The van der Waals surface area contributed by atoms with Crippen LogP contribution in [0.4, 0.5) is 16.2 Å². The van der Waals surface area contributed by atoms with Gasteiger partial charge in [0.2, 0.25) is 5.91 Å². The van der Waals surface area contributed by atoms with Gasteiger partial charge in [-0.05, 0) is 29.8 Å². The van der Waals surface area contributed by atoms with Crippen molar-refractivity contribution in [3.05, 3.63) is 69.8 Å². The van der Waals surface area contributed by atoms with Gasteiger partial charge in [-0.25, -0.2) is 14.5 Å². The van der Waals surface area contributed by atoms with Gasteiger partial charge in [0.1, 0.15) is 6.61 Å². The zero-order valence-electron chi connectivity index (χ0n) is 14.9. The Morgan fingerprint density at radius 3 is 2.31 bits per heavy atom. The number of nitro groups is 1. The molecule has 0 radical (unpaired) electrons. The molecule has 0 spiro atoms. The van der Waals surface area contributed by atoms with E-state index in [9.17, 15) is 24.5 Å². The summed E-state index contributed by atoms with van der Waals surface area (Å²) in [5, 5.41) is 10.7. The predicted octanol–water partition coefficient (Wildman–Crippen LogP) is 2.58. The van der Waals surface area contributed by atoms with Gasteiger partial charge >= 0.3 is 12.1 Å². The van der Waals surface area contributed by atoms with Crippen molar-refractivity contribution in [2.45, 2.75) is 6.61 Å². The van der Waals surface area contributed by atoms with Gasteiger partial charge in [-0.15, -0.1) is 0 Å². The number of para-hydroxylation sites is 1. The number of benzene rings is 2. The van der Waals surface area contributed by atoms with Crippen LogP contribution in [0.25, 0.3) is 0 Å². The maximum Gasteiger partial charge on any atom is 0.421 e. The molecule has 0 aliphatic heterocycles. The van der Waals surface area contributed by atoms with E-state index in [-0.39, 0.29) is 23.5 Å². The zero-order chi connectivity index (χ0) is 21.4. The summed E-state index contributed by atoms with van der Waals surface area (Å²) in [4.78, 5) is 47.7. The number of nitrogens with two attached hydrogens (primary N) is 1. The topological polar surface area (TPSA) is 142 Å². The van der Waals surface area contributed by atoms with Crippen LogP contribution in [0.15, 0.2) is 48.5 Å². The van der Waals surface area contributed by atoms with Crippen molar-refractivity contribution < 1.29 is 28.8 Å². The highest BCUT2D eigenvalue weighted by Crippen LogP contribution is 2.23. The number of esters is 1. The number of carbonyl (C=O) groups excluding carboxylic acids is 3. The third kappa shape index (κ3) is 5.50. The molecule has 29 heavy (non-hydrogen) atoms. The highest BCUT2D eigenvalue weighted by molar-refractivity contribution is 6.18. The number of imide groups is 1. The Hall–Kier alpha value is -3.50. The van der Waals surface area contributed by atoms with Gasteiger partial charge in [0.25, 0.3) is 5.69 Å². The van der Waals surface area contributed by atoms with E-state index < -0.39 is 35.5 Å². The molecule has 152 valence electrons. The van der Waals surface area contributed by atoms with Crippen LogP contribution in [0.5, 0.6) is 0 Å². The average Bonchev–Trinajstić information content (AvgIpc) is 2.73. The number of halogens is 1. The van der Waals surface area contributed by atoms with Crippen molar-refractivity contribution in [3.63, 3.8) is 0 Å². The summed E-state index contributed by atoms with van der Waals surface area (Å²) in [6.45, 7) is -0.787. The van der Waals surface area contributed by atoms with Gasteiger partial charge in [0, 0.05) is 12.1 Å². The minimum atomic E-state index is -1.08. The molecule has 2 aromatic carbocycles. The molecule has 0 atom stereocenters. The standard InChI is InChI=1S/C18H16ClN3O7/c19-11-29-17(24)14-3-1-2-4-15(14)21(16(23)9-20)18(25)28-10-12-5-7-13(8-6-12)22(26)27/h1-8H,9-11,20H2. The van der Waals surface area contributed by atoms with Crippen LogP contribution in [0.1, 0.15) is 15.9 Å². The van der Waals surface area contributed by atoms with Gasteiger partial charge in [-0.1, -0.05) is 23.7 Å². The van der Waals surface area contributed by atoms with Gasteiger partial charge < -0.3 is 15.2 Å². The first-order valence-electron chi connectivity index (χ1n) is 8.14. The zero-order valence-corrected chi connectivity index (χ0v) is 15.7. The van der Waals surface area contributed by atoms with Crippen LogP contribution in [0.3, 0.4) is 0 Å². The van der Waals surface area contributed by atoms with E-state index in [2.05, 4.69) is 0 Å². The largest absolute Gasteiger partial charge is 0.446 e. The molecular formula is C18H16ClN3O7. The number of hydrogen-bond acceptors (Lipinski definition) is 8. The molecule has 0 saturated carbocycles. The van der Waals surface area contributed by atoms with Crippen molar-refractivity contribution in [2.24, 2.45) is 5.73 Å². The molecule has 0 aliphatic rings. The number of nitro benzene ring substituents is 1. The van der Waals surface area contributed by atoms with Gasteiger partial charge in [-0.3, -0.25) is 14.9 Å². The van der Waals surface area contributed by atoms with E-state index >= 15 is 0 Å². The second-order valence-electron chi connectivity index (χ2n) is 5.47. The predicted molar refractivity (Wildman–Crippen MR) is 102 cm³/mol. The summed E-state index contributed by atoms with van der Waals surface area (Å²) >= 11 is 5.40. The monoisotopic (exact) mass is 421 g/mol. The first-order chi connectivity index (χ1) is 13.9. The lowest BCUT2D eigenvalue weighted by Gasteiger charge is -2.22. The summed E-state index contributed by atoms with van der Waals surface area (Å²) < 4.78 is 9.85. The lowest BCUT2D eigenvalue weighted by Crippen LogP contribution is -2.42. The molecule has 0 heterocycles. The molecule has 0 fully saturated rings. The van der Waals surface area contributed by atoms with Crippen molar-refractivity contribution in [1.82, 2.24) is 0 Å². The van der Waals surface area contributed by atoms with Gasteiger partial charge in [0.05, 0.1) is 22.7 Å². The Labute approximate surface area is 169 Å². The molecule has 0 unspecified atom stereocenters. The lowest BCUT2D eigenvalue weighted by molar-refractivity contribution is -0.384. The molecule has 11 heteroatoms. The van der Waals surface area contributed by atoms with Crippen LogP contribution in [0.2, 0.25) is 0 Å². The molecule has 2 amide bonds. The second-order valence-corrected chi connectivity index (χ2v) is 5.69. The summed E-state index contributed by atoms with van der Waals surface area (Å²) in [6.07, 6.45) is -1.08. The van der Waals surface area contributed by atoms with Crippen molar-refractivity contribution in [3.8, 4) is 0 Å². The molecule has 10 nitrogen and oxygen atoms in total. The Morgan fingerprint density at radius 2 is 1.72 bits per heavy atom. The van der Waals surface area contributed by atoms with E-state index in [0.717, 1.165) is 0 Å². The van der Waals surface area contributed by atoms with Gasteiger partial charge in [0.15, 0.2) is 6.07 Å². The minimum absolute atomic E-state index is 0.0771. The van der Waals surface area contributed by atoms with E-state index in [1.165, 1.54) is 48.5 Å². The summed E-state index contributed by atoms with van der Waals surface area (Å²) in [6, 6.07) is 10.6. The number of hydrogen-bond donors (Lipinski definition) is 1. The third-order valence-corrected chi connectivity index (χ3v) is 3.78. The Morgan fingerprint density at radius 1 is 1.07 bits per heavy atom. The fourth-order valence-corrected chi connectivity index (χ4v) is 2.42. The molecule has 0 bridgehead atoms. The molecule has 2 rings (SSSR count). The number of alkyl halides is 1. The Balaban J connectivity index is 2.24. The van der Waals surface area contributed by atoms with Crippen molar-refractivity contribution >= 4 is 40.9 Å². The van der Waals surface area contributed by atoms with Crippen LogP contribution in [-0.4, -0.2) is 35.5 Å². The smallest absolute Gasteiger partial charge is 0.421 e. The first kappa shape index (κ1) is 21.8. The highest BCUT2D eigenvalue weighted by atomic mass is 35.5. The number of anilines is 1. The minimum Gasteiger partial charge on any atom is -0.446 e. The maximum absolute atomic E-state index is 12.6. The van der Waals surface area contributed by atoms with E-state index in [0.29, 0.717) is 10.5 Å². The highest BCUT2D eigenvalue weighted by Gasteiger charge is 2.28. The number of rotatable bonds is 7. The van der Waals surface area contributed by atoms with E-state index in [4.69, 9.17) is 26.8 Å². The Bertz CT molecular complexity index is 918. The average molecular weight is 422 g/mol. The normalized spacial score (nSPS) is 10.1. The van der Waals surface area contributed by atoms with Crippen LogP contribution >= 0.6 is 11.6 Å². The summed E-state index contributed by atoms with van der Waals surface area (Å²) in [5.41, 5.74) is 5.57.